The first-order valence-corrected chi connectivity index (χ1v) is 12.0. The fraction of sp³-hybridized carbons (Fsp3) is 0.615. The van der Waals surface area contributed by atoms with Gasteiger partial charge < -0.3 is 13.9 Å². The van der Waals surface area contributed by atoms with Gasteiger partial charge in [0.05, 0.1) is 13.0 Å². The number of carbonyl (C=O) groups is 3. The SMILES string of the molecule is COC(=O)[C@@H]1C(=O)C2=C(C[C@@H]1C)N=C(C)[C@@H](C(=O)OC1CCCCCC1)[C@H]2c1ccc(C)o1. The molecule has 2 heterocycles. The Morgan fingerprint density at radius 2 is 1.73 bits per heavy atom. The van der Waals surface area contributed by atoms with Crippen LogP contribution in [0.5, 0.6) is 0 Å². The minimum atomic E-state index is -0.917. The second-order valence-electron chi connectivity index (χ2n) is 9.61. The van der Waals surface area contributed by atoms with Crippen molar-refractivity contribution in [2.75, 3.05) is 7.11 Å². The Hall–Kier alpha value is -2.70. The van der Waals surface area contributed by atoms with Gasteiger partial charge in [0.2, 0.25) is 0 Å². The smallest absolute Gasteiger partial charge is 0.316 e. The first kappa shape index (κ1) is 23.5. The first-order chi connectivity index (χ1) is 15.8. The summed E-state index contributed by atoms with van der Waals surface area (Å²) in [6.07, 6.45) is 6.45. The van der Waals surface area contributed by atoms with Crippen LogP contribution in [0.15, 0.2) is 32.8 Å². The Balaban J connectivity index is 1.74. The zero-order valence-electron chi connectivity index (χ0n) is 19.9. The van der Waals surface area contributed by atoms with Gasteiger partial charge in [0.15, 0.2) is 5.78 Å². The maximum absolute atomic E-state index is 13.6. The molecule has 0 bridgehead atoms. The molecular weight excluding hydrogens is 422 g/mol. The third-order valence-electron chi connectivity index (χ3n) is 7.21. The van der Waals surface area contributed by atoms with Gasteiger partial charge in [-0.05, 0) is 64.0 Å². The molecule has 1 aliphatic heterocycles. The number of ether oxygens (including phenoxy) is 2. The number of hydrogen-bond acceptors (Lipinski definition) is 7. The lowest BCUT2D eigenvalue weighted by Crippen LogP contribution is -2.43. The molecule has 1 aromatic rings. The molecule has 0 saturated heterocycles. The van der Waals surface area contributed by atoms with Crippen molar-refractivity contribution in [1.29, 1.82) is 0 Å². The molecule has 1 saturated carbocycles. The third kappa shape index (κ3) is 4.55. The molecule has 1 fully saturated rings. The zero-order valence-corrected chi connectivity index (χ0v) is 19.9. The van der Waals surface area contributed by atoms with Gasteiger partial charge in [-0.15, -0.1) is 0 Å². The number of Topliss-reactive ketones (excluding diaryl/α,β-unsaturated/α-hetero) is 1. The minimum absolute atomic E-state index is 0.118. The van der Waals surface area contributed by atoms with E-state index in [1.54, 1.807) is 6.07 Å². The second kappa shape index (κ2) is 9.65. The summed E-state index contributed by atoms with van der Waals surface area (Å²) in [7, 11) is 1.29. The van der Waals surface area contributed by atoms with Gasteiger partial charge in [0.25, 0.3) is 0 Å². The van der Waals surface area contributed by atoms with Crippen molar-refractivity contribution in [3.8, 4) is 0 Å². The summed E-state index contributed by atoms with van der Waals surface area (Å²) in [6, 6.07) is 3.62. The Bertz CT molecular complexity index is 994. The topological polar surface area (TPSA) is 95.2 Å². The van der Waals surface area contributed by atoms with Crippen LogP contribution in [-0.4, -0.2) is 36.6 Å². The molecule has 33 heavy (non-hydrogen) atoms. The average Bonchev–Trinajstić information content (AvgIpc) is 3.03. The molecule has 0 amide bonds. The molecule has 2 aliphatic carbocycles. The molecule has 4 atom stereocenters. The highest BCUT2D eigenvalue weighted by Gasteiger charge is 2.50. The van der Waals surface area contributed by atoms with Crippen LogP contribution in [0.1, 0.15) is 76.2 Å². The van der Waals surface area contributed by atoms with E-state index in [9.17, 15) is 14.4 Å². The molecule has 0 N–H and O–H groups in total. The number of furan rings is 1. The lowest BCUT2D eigenvalue weighted by atomic mass is 9.68. The molecule has 0 unspecified atom stereocenters. The van der Waals surface area contributed by atoms with Crippen LogP contribution in [0.3, 0.4) is 0 Å². The van der Waals surface area contributed by atoms with Crippen molar-refractivity contribution in [2.24, 2.45) is 22.7 Å². The summed E-state index contributed by atoms with van der Waals surface area (Å²) in [5.74, 6) is -2.67. The highest BCUT2D eigenvalue weighted by atomic mass is 16.5. The van der Waals surface area contributed by atoms with E-state index in [1.165, 1.54) is 7.11 Å². The molecule has 3 aliphatic rings. The fourth-order valence-electron chi connectivity index (χ4n) is 5.53. The zero-order chi connectivity index (χ0) is 23.7. The normalized spacial score (nSPS) is 28.6. The van der Waals surface area contributed by atoms with E-state index in [0.29, 0.717) is 34.9 Å². The van der Waals surface area contributed by atoms with Crippen molar-refractivity contribution in [2.45, 2.75) is 77.7 Å². The molecule has 7 heteroatoms. The van der Waals surface area contributed by atoms with Crippen LogP contribution < -0.4 is 0 Å². The molecule has 1 aromatic heterocycles. The van der Waals surface area contributed by atoms with Crippen molar-refractivity contribution in [3.63, 3.8) is 0 Å². The molecule has 0 spiro atoms. The molecular formula is C26H33NO6. The van der Waals surface area contributed by atoms with E-state index in [4.69, 9.17) is 18.9 Å². The van der Waals surface area contributed by atoms with Gasteiger partial charge in [-0.25, -0.2) is 0 Å². The van der Waals surface area contributed by atoms with E-state index >= 15 is 0 Å². The third-order valence-corrected chi connectivity index (χ3v) is 7.21. The van der Waals surface area contributed by atoms with E-state index in [0.717, 1.165) is 38.5 Å². The molecule has 7 nitrogen and oxygen atoms in total. The van der Waals surface area contributed by atoms with Gasteiger partial charge >= 0.3 is 11.9 Å². The van der Waals surface area contributed by atoms with Crippen molar-refractivity contribution in [1.82, 2.24) is 0 Å². The van der Waals surface area contributed by atoms with Gasteiger partial charge in [-0.2, -0.15) is 0 Å². The summed E-state index contributed by atoms with van der Waals surface area (Å²) in [5.41, 5.74) is 1.62. The fourth-order valence-corrected chi connectivity index (χ4v) is 5.53. The van der Waals surface area contributed by atoms with Crippen LogP contribution in [0.2, 0.25) is 0 Å². The maximum Gasteiger partial charge on any atom is 0.316 e. The lowest BCUT2D eigenvalue weighted by Gasteiger charge is -2.37. The number of ketones is 1. The van der Waals surface area contributed by atoms with Gasteiger partial charge in [-0.3, -0.25) is 19.4 Å². The van der Waals surface area contributed by atoms with Crippen LogP contribution in [-0.2, 0) is 23.9 Å². The van der Waals surface area contributed by atoms with Gasteiger partial charge in [-0.1, -0.05) is 19.8 Å². The predicted molar refractivity (Wildman–Crippen MR) is 122 cm³/mol. The monoisotopic (exact) mass is 455 g/mol. The first-order valence-electron chi connectivity index (χ1n) is 12.0. The Labute approximate surface area is 194 Å². The number of carbonyl (C=O) groups excluding carboxylic acids is 3. The molecule has 0 radical (unpaired) electrons. The van der Waals surface area contributed by atoms with Crippen molar-refractivity contribution in [3.05, 3.63) is 34.9 Å². The van der Waals surface area contributed by atoms with Crippen LogP contribution in [0.4, 0.5) is 0 Å². The van der Waals surface area contributed by atoms with E-state index < -0.39 is 23.7 Å². The summed E-state index contributed by atoms with van der Waals surface area (Å²) >= 11 is 0. The molecule has 4 rings (SSSR count). The highest BCUT2D eigenvalue weighted by molar-refractivity contribution is 6.14. The van der Waals surface area contributed by atoms with Gasteiger partial charge in [0, 0.05) is 17.0 Å². The van der Waals surface area contributed by atoms with Crippen LogP contribution in [0, 0.1) is 24.7 Å². The number of aryl methyl sites for hydroxylation is 1. The summed E-state index contributed by atoms with van der Waals surface area (Å²) in [6.45, 7) is 5.49. The number of esters is 2. The van der Waals surface area contributed by atoms with Crippen molar-refractivity contribution >= 4 is 23.4 Å². The molecule has 178 valence electrons. The quantitative estimate of drug-likeness (QED) is 0.372. The summed E-state index contributed by atoms with van der Waals surface area (Å²) < 4.78 is 16.9. The maximum atomic E-state index is 13.6. The number of rotatable bonds is 4. The number of allylic oxidation sites excluding steroid dienone is 2. The largest absolute Gasteiger partial charge is 0.468 e. The number of methoxy groups -OCH3 is 1. The average molecular weight is 456 g/mol. The van der Waals surface area contributed by atoms with E-state index in [2.05, 4.69) is 0 Å². The minimum Gasteiger partial charge on any atom is -0.468 e. The number of nitrogens with zero attached hydrogens (tertiary/aromatic N) is 1. The Morgan fingerprint density at radius 3 is 2.33 bits per heavy atom. The number of hydrogen-bond donors (Lipinski definition) is 0. The summed E-state index contributed by atoms with van der Waals surface area (Å²) in [4.78, 5) is 44.3. The highest BCUT2D eigenvalue weighted by Crippen LogP contribution is 2.47. The predicted octanol–water partition coefficient (Wildman–Crippen LogP) is 4.68. The Morgan fingerprint density at radius 1 is 1.03 bits per heavy atom. The standard InChI is InChI=1S/C26H33NO6/c1-14-13-18-22(24(28)20(14)25(29)31-4)23(19-12-11-15(2)32-19)21(16(3)27-18)26(30)33-17-9-7-5-6-8-10-17/h11-12,14,17,20-21,23H,5-10,13H2,1-4H3/t14-,20-,21+,23+/m0/s1. The van der Waals surface area contributed by atoms with E-state index in [1.807, 2.05) is 26.8 Å². The van der Waals surface area contributed by atoms with E-state index in [-0.39, 0.29) is 23.8 Å². The number of aliphatic imine (C=N–C) groups is 1. The van der Waals surface area contributed by atoms with Crippen molar-refractivity contribution < 1.29 is 28.3 Å². The second-order valence-corrected chi connectivity index (χ2v) is 9.61. The lowest BCUT2D eigenvalue weighted by molar-refractivity contribution is -0.152. The van der Waals surface area contributed by atoms with Crippen LogP contribution >= 0.6 is 0 Å². The summed E-state index contributed by atoms with van der Waals surface area (Å²) in [5, 5.41) is 0. The Kier molecular flexibility index (Phi) is 6.86. The molecule has 0 aromatic carbocycles. The van der Waals surface area contributed by atoms with Crippen LogP contribution in [0.25, 0.3) is 0 Å². The van der Waals surface area contributed by atoms with Gasteiger partial charge in [0.1, 0.15) is 29.5 Å².